The van der Waals surface area contributed by atoms with Crippen LogP contribution in [-0.2, 0) is 14.8 Å². The number of hydrogen-bond donors (Lipinski definition) is 1. The molecule has 1 unspecified atom stereocenters. The summed E-state index contributed by atoms with van der Waals surface area (Å²) in [5.41, 5.74) is 0.628. The Morgan fingerprint density at radius 2 is 2.03 bits per heavy atom. The molecule has 0 radical (unpaired) electrons. The predicted molar refractivity (Wildman–Crippen MR) is 133 cm³/mol. The lowest BCUT2D eigenvalue weighted by atomic mass is 10.1. The number of nitrogens with one attached hydrogen (secondary N) is 1. The molecule has 0 aliphatic carbocycles. The van der Waals surface area contributed by atoms with Crippen LogP contribution in [0, 0.1) is 11.7 Å². The van der Waals surface area contributed by atoms with Gasteiger partial charge in [-0.1, -0.05) is 19.9 Å². The maximum absolute atomic E-state index is 14.4. The molecule has 1 saturated heterocycles. The highest BCUT2D eigenvalue weighted by Crippen LogP contribution is 2.28. The molecule has 1 N–H and O–H groups in total. The zero-order valence-electron chi connectivity index (χ0n) is 20.5. The Labute approximate surface area is 215 Å². The van der Waals surface area contributed by atoms with Crippen LogP contribution in [0.25, 0.3) is 11.3 Å². The van der Waals surface area contributed by atoms with Crippen molar-refractivity contribution in [3.8, 4) is 22.9 Å². The van der Waals surface area contributed by atoms with Gasteiger partial charge in [-0.15, -0.1) is 0 Å². The number of sulfonamides is 1. The molecular formula is C26H28FN3O6S. The van der Waals surface area contributed by atoms with Crippen molar-refractivity contribution in [1.82, 2.24) is 14.7 Å². The van der Waals surface area contributed by atoms with Gasteiger partial charge in [0.15, 0.2) is 5.03 Å². The van der Waals surface area contributed by atoms with E-state index >= 15 is 0 Å². The summed E-state index contributed by atoms with van der Waals surface area (Å²) in [6.07, 6.45) is 2.81. The van der Waals surface area contributed by atoms with Crippen LogP contribution in [0.3, 0.4) is 0 Å². The highest BCUT2D eigenvalue weighted by Gasteiger charge is 2.25. The first-order valence-electron chi connectivity index (χ1n) is 11.9. The van der Waals surface area contributed by atoms with Crippen molar-refractivity contribution in [1.29, 1.82) is 0 Å². The molecule has 1 fully saturated rings. The minimum Gasteiger partial charge on any atom is -0.493 e. The van der Waals surface area contributed by atoms with E-state index in [4.69, 9.17) is 14.2 Å². The molecule has 1 atom stereocenters. The third-order valence-corrected chi connectivity index (χ3v) is 6.67. The monoisotopic (exact) mass is 529 g/mol. The first-order valence-corrected chi connectivity index (χ1v) is 13.4. The van der Waals surface area contributed by atoms with Gasteiger partial charge in [-0.2, -0.15) is 8.42 Å². The van der Waals surface area contributed by atoms with Crippen LogP contribution in [0.1, 0.15) is 37.0 Å². The third-order valence-electron chi connectivity index (χ3n) is 5.43. The second-order valence-electron chi connectivity index (χ2n) is 8.98. The lowest BCUT2D eigenvalue weighted by Crippen LogP contribution is -2.32. The number of pyridine rings is 2. The van der Waals surface area contributed by atoms with Crippen LogP contribution in [0.2, 0.25) is 0 Å². The number of hydrogen-bond acceptors (Lipinski definition) is 8. The van der Waals surface area contributed by atoms with E-state index in [9.17, 15) is 17.6 Å². The Kier molecular flexibility index (Phi) is 8.34. The number of amides is 1. The van der Waals surface area contributed by atoms with Crippen LogP contribution >= 0.6 is 0 Å². The molecule has 0 spiro atoms. The summed E-state index contributed by atoms with van der Waals surface area (Å²) in [6.45, 7) is 5.11. The van der Waals surface area contributed by atoms with E-state index in [0.717, 1.165) is 12.8 Å². The number of benzene rings is 1. The molecule has 0 saturated carbocycles. The van der Waals surface area contributed by atoms with Gasteiger partial charge in [-0.25, -0.2) is 19.1 Å². The maximum atomic E-state index is 14.4. The molecule has 196 valence electrons. The largest absolute Gasteiger partial charge is 0.493 e. The minimum atomic E-state index is -4.23. The standard InChI is InChI=1S/C26H28FN3O6S/c1-17(2)15-35-21-13-18(12-19(27)14-21)23-9-8-22(26(29-23)36-16-20-6-5-11-34-20)25(31)30-37(32,33)24-7-3-4-10-28-24/h3-4,7-10,12-14,17,20H,5-6,11,15-16H2,1-2H3,(H,30,31). The summed E-state index contributed by atoms with van der Waals surface area (Å²) in [5, 5.41) is -0.302. The molecule has 0 bridgehead atoms. The van der Waals surface area contributed by atoms with Gasteiger partial charge in [0, 0.05) is 24.4 Å². The molecule has 2 aromatic heterocycles. The Morgan fingerprint density at radius 3 is 2.73 bits per heavy atom. The number of aromatic nitrogens is 2. The Balaban J connectivity index is 1.64. The van der Waals surface area contributed by atoms with Crippen LogP contribution in [-0.4, -0.2) is 50.2 Å². The van der Waals surface area contributed by atoms with Crippen molar-refractivity contribution in [2.45, 2.75) is 37.8 Å². The van der Waals surface area contributed by atoms with Gasteiger partial charge in [0.2, 0.25) is 5.88 Å². The van der Waals surface area contributed by atoms with Crippen molar-refractivity contribution >= 4 is 15.9 Å². The van der Waals surface area contributed by atoms with Crippen molar-refractivity contribution in [3.05, 3.63) is 66.1 Å². The molecule has 1 aliphatic rings. The molecule has 9 nitrogen and oxygen atoms in total. The van der Waals surface area contributed by atoms with E-state index in [0.29, 0.717) is 30.2 Å². The topological polar surface area (TPSA) is 117 Å². The quantitative estimate of drug-likeness (QED) is 0.419. The molecule has 37 heavy (non-hydrogen) atoms. The summed E-state index contributed by atoms with van der Waals surface area (Å²) in [5.74, 6) is -0.954. The van der Waals surface area contributed by atoms with Gasteiger partial charge < -0.3 is 14.2 Å². The molecule has 1 aromatic carbocycles. The fourth-order valence-electron chi connectivity index (χ4n) is 3.62. The number of rotatable bonds is 10. The summed E-state index contributed by atoms with van der Waals surface area (Å²) < 4.78 is 58.7. The van der Waals surface area contributed by atoms with Crippen LogP contribution in [0.4, 0.5) is 4.39 Å². The average Bonchev–Trinajstić information content (AvgIpc) is 3.40. The molecule has 11 heteroatoms. The fourth-order valence-corrected chi connectivity index (χ4v) is 4.54. The van der Waals surface area contributed by atoms with E-state index < -0.39 is 21.7 Å². The summed E-state index contributed by atoms with van der Waals surface area (Å²) >= 11 is 0. The number of ether oxygens (including phenoxy) is 3. The molecule has 1 aliphatic heterocycles. The van der Waals surface area contributed by atoms with E-state index in [1.54, 1.807) is 12.1 Å². The van der Waals surface area contributed by atoms with Gasteiger partial charge in [0.05, 0.1) is 18.4 Å². The Bertz CT molecular complexity index is 1350. The van der Waals surface area contributed by atoms with Gasteiger partial charge in [0.1, 0.15) is 23.7 Å². The van der Waals surface area contributed by atoms with Crippen molar-refractivity contribution < 1.29 is 31.8 Å². The zero-order valence-corrected chi connectivity index (χ0v) is 21.3. The average molecular weight is 530 g/mol. The van der Waals surface area contributed by atoms with Gasteiger partial charge in [-0.3, -0.25) is 4.79 Å². The second-order valence-corrected chi connectivity index (χ2v) is 10.6. The summed E-state index contributed by atoms with van der Waals surface area (Å²) in [7, 11) is -4.23. The van der Waals surface area contributed by atoms with Crippen molar-refractivity contribution in [2.75, 3.05) is 19.8 Å². The van der Waals surface area contributed by atoms with Gasteiger partial charge in [-0.05, 0) is 55.2 Å². The van der Waals surface area contributed by atoms with Crippen molar-refractivity contribution in [3.63, 3.8) is 0 Å². The smallest absolute Gasteiger partial charge is 0.281 e. The highest BCUT2D eigenvalue weighted by molar-refractivity contribution is 7.90. The van der Waals surface area contributed by atoms with E-state index in [1.165, 1.54) is 42.6 Å². The van der Waals surface area contributed by atoms with Crippen molar-refractivity contribution in [2.24, 2.45) is 5.92 Å². The first kappa shape index (κ1) is 26.5. The molecule has 3 aromatic rings. The number of carbonyl (C=O) groups is 1. The second kappa shape index (κ2) is 11.7. The Morgan fingerprint density at radius 1 is 1.19 bits per heavy atom. The summed E-state index contributed by atoms with van der Waals surface area (Å²) in [6, 6.07) is 11.4. The van der Waals surface area contributed by atoms with Gasteiger partial charge >= 0.3 is 0 Å². The highest BCUT2D eigenvalue weighted by atomic mass is 32.2. The molecule has 1 amide bonds. The van der Waals surface area contributed by atoms with E-state index in [2.05, 4.69) is 9.97 Å². The molecule has 4 rings (SSSR count). The zero-order chi connectivity index (χ0) is 26.4. The van der Waals surface area contributed by atoms with E-state index in [1.807, 2.05) is 18.6 Å². The van der Waals surface area contributed by atoms with Crippen LogP contribution < -0.4 is 14.2 Å². The Hall–Kier alpha value is -3.57. The number of carbonyl (C=O) groups excluding carboxylic acids is 1. The van der Waals surface area contributed by atoms with Crippen LogP contribution in [0.5, 0.6) is 11.6 Å². The predicted octanol–water partition coefficient (Wildman–Crippen LogP) is 3.99. The first-order chi connectivity index (χ1) is 17.7. The number of halogens is 1. The van der Waals surface area contributed by atoms with Gasteiger partial charge in [0.25, 0.3) is 15.9 Å². The SMILES string of the molecule is CC(C)COc1cc(F)cc(-c2ccc(C(=O)NS(=O)(=O)c3ccccn3)c(OCC3CCCO3)n2)c1. The summed E-state index contributed by atoms with van der Waals surface area (Å²) in [4.78, 5) is 21.2. The molecule has 3 heterocycles. The molecular weight excluding hydrogens is 501 g/mol. The normalized spacial score (nSPS) is 15.5. The lowest BCUT2D eigenvalue weighted by molar-refractivity contribution is 0.0655. The minimum absolute atomic E-state index is 0.101. The van der Waals surface area contributed by atoms with E-state index in [-0.39, 0.29) is 35.1 Å². The lowest BCUT2D eigenvalue weighted by Gasteiger charge is -2.15. The third kappa shape index (κ3) is 7.01. The fraction of sp³-hybridized carbons (Fsp3) is 0.346. The van der Waals surface area contributed by atoms with Crippen LogP contribution in [0.15, 0.2) is 59.8 Å². The maximum Gasteiger partial charge on any atom is 0.281 e. The number of nitrogens with zero attached hydrogens (tertiary/aromatic N) is 2.